The highest BCUT2D eigenvalue weighted by Gasteiger charge is 2.40. The molecule has 1 saturated carbocycles. The standard InChI is InChI=1S/C17H23FO3/c1-12(19)13-4-5-16(15(18)10-13)21-14-6-9-20-17(11-14)7-2-3-8-17/h4-5,10,12,14,19H,2-3,6-9,11H2,1H3/t12-,14?/m0/s1. The van der Waals surface area contributed by atoms with Crippen LogP contribution in [0.4, 0.5) is 4.39 Å². The van der Waals surface area contributed by atoms with Gasteiger partial charge in [-0.25, -0.2) is 4.39 Å². The first-order chi connectivity index (χ1) is 10.1. The molecule has 1 saturated heterocycles. The maximum atomic E-state index is 14.1. The molecule has 1 heterocycles. The van der Waals surface area contributed by atoms with Crippen molar-refractivity contribution in [1.29, 1.82) is 0 Å². The average molecular weight is 294 g/mol. The van der Waals surface area contributed by atoms with Gasteiger partial charge in [0.2, 0.25) is 0 Å². The second kappa shape index (κ2) is 5.93. The van der Waals surface area contributed by atoms with Gasteiger partial charge in [0.05, 0.1) is 18.3 Å². The van der Waals surface area contributed by atoms with E-state index in [1.54, 1.807) is 19.1 Å². The minimum Gasteiger partial charge on any atom is -0.487 e. The fourth-order valence-corrected chi connectivity index (χ4v) is 3.50. The monoisotopic (exact) mass is 294 g/mol. The maximum absolute atomic E-state index is 14.1. The topological polar surface area (TPSA) is 38.7 Å². The van der Waals surface area contributed by atoms with Gasteiger partial charge in [-0.15, -0.1) is 0 Å². The Morgan fingerprint density at radius 1 is 1.38 bits per heavy atom. The van der Waals surface area contributed by atoms with Crippen LogP contribution in [0.15, 0.2) is 18.2 Å². The van der Waals surface area contributed by atoms with Gasteiger partial charge in [0.15, 0.2) is 11.6 Å². The van der Waals surface area contributed by atoms with Crippen LogP contribution in [0, 0.1) is 5.82 Å². The fourth-order valence-electron chi connectivity index (χ4n) is 3.50. The minimum absolute atomic E-state index is 0.0174. The Hall–Kier alpha value is -1.13. The molecule has 1 unspecified atom stereocenters. The predicted octanol–water partition coefficient (Wildman–Crippen LogP) is 3.75. The Kier molecular flexibility index (Phi) is 4.18. The summed E-state index contributed by atoms with van der Waals surface area (Å²) < 4.78 is 25.9. The Morgan fingerprint density at radius 2 is 2.14 bits per heavy atom. The number of rotatable bonds is 3. The van der Waals surface area contributed by atoms with Gasteiger partial charge in [-0.1, -0.05) is 18.9 Å². The fraction of sp³-hybridized carbons (Fsp3) is 0.647. The summed E-state index contributed by atoms with van der Waals surface area (Å²) >= 11 is 0. The van der Waals surface area contributed by atoms with Crippen LogP contribution in [-0.4, -0.2) is 23.4 Å². The lowest BCUT2D eigenvalue weighted by atomic mass is 9.90. The first kappa shape index (κ1) is 14.8. The van der Waals surface area contributed by atoms with Gasteiger partial charge < -0.3 is 14.6 Å². The third kappa shape index (κ3) is 3.22. The normalized spacial score (nSPS) is 26.0. The molecule has 3 nitrogen and oxygen atoms in total. The largest absolute Gasteiger partial charge is 0.487 e. The number of aliphatic hydroxyl groups is 1. The Labute approximate surface area is 125 Å². The van der Waals surface area contributed by atoms with Crippen molar-refractivity contribution in [2.45, 2.75) is 63.3 Å². The number of hydrogen-bond donors (Lipinski definition) is 1. The molecule has 1 spiro atoms. The Balaban J connectivity index is 1.68. The zero-order valence-electron chi connectivity index (χ0n) is 12.5. The molecule has 0 radical (unpaired) electrons. The van der Waals surface area contributed by atoms with Crippen LogP contribution in [0.25, 0.3) is 0 Å². The van der Waals surface area contributed by atoms with E-state index in [2.05, 4.69) is 0 Å². The van der Waals surface area contributed by atoms with Crippen LogP contribution < -0.4 is 4.74 Å². The Morgan fingerprint density at radius 3 is 2.81 bits per heavy atom. The number of aliphatic hydroxyl groups excluding tert-OH is 1. The first-order valence-electron chi connectivity index (χ1n) is 7.86. The van der Waals surface area contributed by atoms with Gasteiger partial charge in [-0.3, -0.25) is 0 Å². The molecule has 21 heavy (non-hydrogen) atoms. The van der Waals surface area contributed by atoms with Gasteiger partial charge in [0, 0.05) is 12.8 Å². The molecule has 1 aliphatic heterocycles. The van der Waals surface area contributed by atoms with Crippen molar-refractivity contribution in [3.63, 3.8) is 0 Å². The lowest BCUT2D eigenvalue weighted by Gasteiger charge is -2.38. The van der Waals surface area contributed by atoms with Crippen molar-refractivity contribution in [2.24, 2.45) is 0 Å². The molecule has 1 aromatic rings. The lowest BCUT2D eigenvalue weighted by molar-refractivity contribution is -0.108. The summed E-state index contributed by atoms with van der Waals surface area (Å²) in [6.45, 7) is 2.32. The van der Waals surface area contributed by atoms with E-state index in [0.29, 0.717) is 12.2 Å². The molecule has 3 rings (SSSR count). The quantitative estimate of drug-likeness (QED) is 0.922. The van der Waals surface area contributed by atoms with Crippen molar-refractivity contribution in [1.82, 2.24) is 0 Å². The van der Waals surface area contributed by atoms with E-state index in [9.17, 15) is 9.50 Å². The van der Waals surface area contributed by atoms with Gasteiger partial charge in [-0.2, -0.15) is 0 Å². The SMILES string of the molecule is C[C@H](O)c1ccc(OC2CCOC3(CCCC3)C2)c(F)c1. The average Bonchev–Trinajstić information content (AvgIpc) is 2.89. The smallest absolute Gasteiger partial charge is 0.165 e. The van der Waals surface area contributed by atoms with Crippen molar-refractivity contribution in [2.75, 3.05) is 6.61 Å². The first-order valence-corrected chi connectivity index (χ1v) is 7.86. The van der Waals surface area contributed by atoms with E-state index in [1.165, 1.54) is 18.9 Å². The highest BCUT2D eigenvalue weighted by Crippen LogP contribution is 2.41. The molecule has 0 aromatic heterocycles. The molecule has 2 atom stereocenters. The maximum Gasteiger partial charge on any atom is 0.165 e. The van der Waals surface area contributed by atoms with Gasteiger partial charge in [0.1, 0.15) is 6.10 Å². The highest BCUT2D eigenvalue weighted by molar-refractivity contribution is 5.30. The minimum atomic E-state index is -0.668. The second-order valence-electron chi connectivity index (χ2n) is 6.34. The summed E-state index contributed by atoms with van der Waals surface area (Å²) in [4.78, 5) is 0. The van der Waals surface area contributed by atoms with Crippen LogP contribution >= 0.6 is 0 Å². The number of benzene rings is 1. The Bertz CT molecular complexity index is 495. The van der Waals surface area contributed by atoms with E-state index in [1.807, 2.05) is 0 Å². The molecule has 1 N–H and O–H groups in total. The molecule has 0 bridgehead atoms. The van der Waals surface area contributed by atoms with E-state index in [4.69, 9.17) is 9.47 Å². The van der Waals surface area contributed by atoms with Crippen LogP contribution in [0.3, 0.4) is 0 Å². The summed E-state index contributed by atoms with van der Waals surface area (Å²) in [5, 5.41) is 9.48. The predicted molar refractivity (Wildman–Crippen MR) is 77.8 cm³/mol. The molecule has 0 amide bonds. The molecule has 1 aromatic carbocycles. The third-order valence-corrected chi connectivity index (χ3v) is 4.69. The number of hydrogen-bond acceptors (Lipinski definition) is 3. The van der Waals surface area contributed by atoms with Crippen molar-refractivity contribution in [3.8, 4) is 5.75 Å². The number of halogens is 1. The molecule has 4 heteroatoms. The number of ether oxygens (including phenoxy) is 2. The van der Waals surface area contributed by atoms with E-state index in [0.717, 1.165) is 25.7 Å². The molecular weight excluding hydrogens is 271 g/mol. The highest BCUT2D eigenvalue weighted by atomic mass is 19.1. The molecule has 2 fully saturated rings. The zero-order chi connectivity index (χ0) is 14.9. The molecule has 2 aliphatic rings. The van der Waals surface area contributed by atoms with Crippen LogP contribution in [0.1, 0.15) is 57.1 Å². The van der Waals surface area contributed by atoms with Crippen molar-refractivity contribution in [3.05, 3.63) is 29.6 Å². The molecule has 116 valence electrons. The van der Waals surface area contributed by atoms with Gasteiger partial charge in [0.25, 0.3) is 0 Å². The summed E-state index contributed by atoms with van der Waals surface area (Å²) in [5.41, 5.74) is 0.540. The van der Waals surface area contributed by atoms with E-state index in [-0.39, 0.29) is 17.5 Å². The van der Waals surface area contributed by atoms with Crippen LogP contribution in [0.2, 0.25) is 0 Å². The van der Waals surface area contributed by atoms with Crippen LogP contribution in [0.5, 0.6) is 5.75 Å². The zero-order valence-corrected chi connectivity index (χ0v) is 12.5. The summed E-state index contributed by atoms with van der Waals surface area (Å²) in [5.74, 6) is -0.125. The summed E-state index contributed by atoms with van der Waals surface area (Å²) in [6.07, 6.45) is 5.62. The van der Waals surface area contributed by atoms with E-state index < -0.39 is 11.9 Å². The summed E-state index contributed by atoms with van der Waals surface area (Å²) in [6, 6.07) is 4.69. The van der Waals surface area contributed by atoms with E-state index >= 15 is 0 Å². The van der Waals surface area contributed by atoms with Gasteiger partial charge in [-0.05, 0) is 37.5 Å². The van der Waals surface area contributed by atoms with Crippen molar-refractivity contribution < 1.29 is 19.0 Å². The second-order valence-corrected chi connectivity index (χ2v) is 6.34. The lowest BCUT2D eigenvalue weighted by Crippen LogP contribution is -2.41. The van der Waals surface area contributed by atoms with Crippen LogP contribution in [-0.2, 0) is 4.74 Å². The van der Waals surface area contributed by atoms with Gasteiger partial charge >= 0.3 is 0 Å². The summed E-state index contributed by atoms with van der Waals surface area (Å²) in [7, 11) is 0. The molecular formula is C17H23FO3. The third-order valence-electron chi connectivity index (χ3n) is 4.69. The molecule has 1 aliphatic carbocycles. The van der Waals surface area contributed by atoms with Crippen molar-refractivity contribution >= 4 is 0 Å².